The van der Waals surface area contributed by atoms with Gasteiger partial charge in [-0.1, -0.05) is 18.2 Å². The van der Waals surface area contributed by atoms with Crippen molar-refractivity contribution >= 4 is 5.91 Å². The van der Waals surface area contributed by atoms with Gasteiger partial charge < -0.3 is 10.1 Å². The first-order chi connectivity index (χ1) is 10.6. The summed E-state index contributed by atoms with van der Waals surface area (Å²) in [6.45, 7) is 0. The van der Waals surface area contributed by atoms with Crippen LogP contribution in [-0.4, -0.2) is 13.0 Å². The maximum absolute atomic E-state index is 13.6. The molecule has 4 nitrogen and oxygen atoms in total. The van der Waals surface area contributed by atoms with E-state index >= 15 is 0 Å². The molecule has 0 spiro atoms. The first-order valence-corrected chi connectivity index (χ1v) is 6.35. The van der Waals surface area contributed by atoms with E-state index in [0.29, 0.717) is 11.3 Å². The first kappa shape index (κ1) is 15.4. The number of carbonyl (C=O) groups excluding carboxylic acids is 1. The van der Waals surface area contributed by atoms with Gasteiger partial charge in [-0.05, 0) is 24.3 Å². The second-order valence-corrected chi connectivity index (χ2v) is 4.40. The van der Waals surface area contributed by atoms with E-state index in [1.54, 1.807) is 24.3 Å². The van der Waals surface area contributed by atoms with Crippen LogP contribution in [0.3, 0.4) is 0 Å². The number of hydrogen-bond donors (Lipinski definition) is 1. The number of ether oxygens (including phenoxy) is 1. The van der Waals surface area contributed by atoms with Crippen molar-refractivity contribution in [1.29, 1.82) is 5.26 Å². The van der Waals surface area contributed by atoms with E-state index in [9.17, 15) is 18.8 Å². The highest BCUT2D eigenvalue weighted by molar-refractivity contribution is 5.95. The quantitative estimate of drug-likeness (QED) is 0.944. The summed E-state index contributed by atoms with van der Waals surface area (Å²) in [4.78, 5) is 12.1. The maximum atomic E-state index is 13.6. The number of benzene rings is 2. The lowest BCUT2D eigenvalue weighted by Crippen LogP contribution is -2.28. The number of nitrogens with zero attached hydrogens (tertiary/aromatic N) is 1. The van der Waals surface area contributed by atoms with Gasteiger partial charge in [-0.15, -0.1) is 0 Å². The highest BCUT2D eigenvalue weighted by atomic mass is 19.1. The molecule has 0 saturated heterocycles. The Morgan fingerprint density at radius 3 is 2.68 bits per heavy atom. The van der Waals surface area contributed by atoms with Crippen molar-refractivity contribution in [2.24, 2.45) is 0 Å². The predicted octanol–water partition coefficient (Wildman–Crippen LogP) is 2.97. The molecule has 0 radical (unpaired) electrons. The van der Waals surface area contributed by atoms with Gasteiger partial charge in [-0.25, -0.2) is 8.78 Å². The van der Waals surface area contributed by atoms with Crippen LogP contribution in [0, 0.1) is 23.0 Å². The summed E-state index contributed by atoms with van der Waals surface area (Å²) in [7, 11) is 1.43. The zero-order valence-corrected chi connectivity index (χ0v) is 11.6. The average Bonchev–Trinajstić information content (AvgIpc) is 2.54. The predicted molar refractivity (Wildman–Crippen MR) is 75.2 cm³/mol. The molecule has 0 aromatic heterocycles. The van der Waals surface area contributed by atoms with Crippen LogP contribution in [0.1, 0.15) is 22.0 Å². The van der Waals surface area contributed by atoms with Crippen LogP contribution in [0.2, 0.25) is 0 Å². The maximum Gasteiger partial charge on any atom is 0.255 e. The standard InChI is InChI=1S/C16H12F2N2O2/c1-22-15-5-3-2-4-11(15)14(9-19)20-16(21)12-8-10(17)6-7-13(12)18/h2-8,14H,1H3,(H,20,21)/t14-/m0/s1. The van der Waals surface area contributed by atoms with Crippen molar-refractivity contribution in [1.82, 2.24) is 5.32 Å². The van der Waals surface area contributed by atoms with Crippen molar-refractivity contribution < 1.29 is 18.3 Å². The summed E-state index contributed by atoms with van der Waals surface area (Å²) < 4.78 is 31.8. The molecule has 0 heterocycles. The van der Waals surface area contributed by atoms with E-state index in [2.05, 4.69) is 5.32 Å². The third-order valence-electron chi connectivity index (χ3n) is 3.03. The van der Waals surface area contributed by atoms with E-state index in [0.717, 1.165) is 18.2 Å². The van der Waals surface area contributed by atoms with Gasteiger partial charge in [0.25, 0.3) is 5.91 Å². The molecular formula is C16H12F2N2O2. The van der Waals surface area contributed by atoms with Crippen LogP contribution >= 0.6 is 0 Å². The average molecular weight is 302 g/mol. The molecule has 1 N–H and O–H groups in total. The van der Waals surface area contributed by atoms with E-state index in [1.807, 2.05) is 6.07 Å². The van der Waals surface area contributed by atoms with Crippen molar-refractivity contribution in [2.75, 3.05) is 7.11 Å². The molecule has 0 saturated carbocycles. The summed E-state index contributed by atoms with van der Waals surface area (Å²) in [6, 6.07) is 10.0. The van der Waals surface area contributed by atoms with Crippen LogP contribution in [-0.2, 0) is 0 Å². The molecule has 0 bridgehead atoms. The van der Waals surface area contributed by atoms with Crippen LogP contribution in [0.4, 0.5) is 8.78 Å². The molecule has 0 aliphatic rings. The largest absolute Gasteiger partial charge is 0.496 e. The summed E-state index contributed by atoms with van der Waals surface area (Å²) in [6.07, 6.45) is 0. The van der Waals surface area contributed by atoms with Gasteiger partial charge in [0, 0.05) is 5.56 Å². The van der Waals surface area contributed by atoms with E-state index in [-0.39, 0.29) is 0 Å². The second-order valence-electron chi connectivity index (χ2n) is 4.40. The molecule has 1 atom stereocenters. The Balaban J connectivity index is 2.29. The number of nitriles is 1. The molecule has 112 valence electrons. The first-order valence-electron chi connectivity index (χ1n) is 6.35. The van der Waals surface area contributed by atoms with Gasteiger partial charge >= 0.3 is 0 Å². The zero-order valence-electron chi connectivity index (χ0n) is 11.6. The van der Waals surface area contributed by atoms with Crippen molar-refractivity contribution in [3.05, 3.63) is 65.2 Å². The molecular weight excluding hydrogens is 290 g/mol. The summed E-state index contributed by atoms with van der Waals surface area (Å²) in [5.41, 5.74) is -0.0344. The Hall–Kier alpha value is -2.94. The topological polar surface area (TPSA) is 62.1 Å². The third kappa shape index (κ3) is 3.20. The minimum absolute atomic E-state index is 0.411. The summed E-state index contributed by atoms with van der Waals surface area (Å²) in [5.74, 6) is -2.07. The van der Waals surface area contributed by atoms with Crippen LogP contribution in [0.5, 0.6) is 5.75 Å². The molecule has 1 amide bonds. The molecule has 22 heavy (non-hydrogen) atoms. The molecule has 0 fully saturated rings. The lowest BCUT2D eigenvalue weighted by atomic mass is 10.1. The van der Waals surface area contributed by atoms with E-state index < -0.39 is 29.1 Å². The minimum atomic E-state index is -1.05. The molecule has 2 aromatic rings. The van der Waals surface area contributed by atoms with Gasteiger partial charge in [0.15, 0.2) is 0 Å². The molecule has 2 aromatic carbocycles. The number of amides is 1. The summed E-state index contributed by atoms with van der Waals surface area (Å²) in [5, 5.41) is 11.6. The van der Waals surface area contributed by atoms with Crippen LogP contribution < -0.4 is 10.1 Å². The molecule has 6 heteroatoms. The third-order valence-corrected chi connectivity index (χ3v) is 3.03. The fourth-order valence-electron chi connectivity index (χ4n) is 1.96. The Labute approximate surface area is 125 Å². The van der Waals surface area contributed by atoms with E-state index in [1.165, 1.54) is 7.11 Å². The molecule has 2 rings (SSSR count). The van der Waals surface area contributed by atoms with Crippen molar-refractivity contribution in [3.63, 3.8) is 0 Å². The molecule has 0 unspecified atom stereocenters. The number of para-hydroxylation sites is 1. The Kier molecular flexibility index (Phi) is 4.69. The number of hydrogen-bond acceptors (Lipinski definition) is 3. The number of halogens is 2. The van der Waals surface area contributed by atoms with Gasteiger partial charge in [-0.3, -0.25) is 4.79 Å². The van der Waals surface area contributed by atoms with Gasteiger partial charge in [-0.2, -0.15) is 5.26 Å². The fraction of sp³-hybridized carbons (Fsp3) is 0.125. The second kappa shape index (κ2) is 6.68. The number of carbonyl (C=O) groups is 1. The lowest BCUT2D eigenvalue weighted by molar-refractivity contribution is 0.0940. The van der Waals surface area contributed by atoms with E-state index in [4.69, 9.17) is 4.74 Å². The van der Waals surface area contributed by atoms with Gasteiger partial charge in [0.2, 0.25) is 0 Å². The lowest BCUT2D eigenvalue weighted by Gasteiger charge is -2.15. The van der Waals surface area contributed by atoms with Gasteiger partial charge in [0.1, 0.15) is 23.4 Å². The minimum Gasteiger partial charge on any atom is -0.496 e. The molecule has 0 aliphatic heterocycles. The normalized spacial score (nSPS) is 11.4. The SMILES string of the molecule is COc1ccccc1[C@H](C#N)NC(=O)c1cc(F)ccc1F. The summed E-state index contributed by atoms with van der Waals surface area (Å²) >= 11 is 0. The zero-order chi connectivity index (χ0) is 16.1. The Morgan fingerprint density at radius 1 is 1.27 bits per heavy atom. The fourth-order valence-corrected chi connectivity index (χ4v) is 1.96. The van der Waals surface area contributed by atoms with Crippen LogP contribution in [0.15, 0.2) is 42.5 Å². The Bertz CT molecular complexity index is 741. The van der Waals surface area contributed by atoms with Crippen LogP contribution in [0.25, 0.3) is 0 Å². The number of rotatable bonds is 4. The van der Waals surface area contributed by atoms with Crippen molar-refractivity contribution in [3.8, 4) is 11.8 Å². The monoisotopic (exact) mass is 302 g/mol. The number of nitrogens with one attached hydrogen (secondary N) is 1. The highest BCUT2D eigenvalue weighted by Gasteiger charge is 2.20. The smallest absolute Gasteiger partial charge is 0.255 e. The molecule has 0 aliphatic carbocycles. The van der Waals surface area contributed by atoms with Gasteiger partial charge in [0.05, 0.1) is 18.7 Å². The number of methoxy groups -OCH3 is 1. The van der Waals surface area contributed by atoms with Crippen molar-refractivity contribution in [2.45, 2.75) is 6.04 Å². The Morgan fingerprint density at radius 2 is 2.00 bits per heavy atom. The highest BCUT2D eigenvalue weighted by Crippen LogP contribution is 2.24.